The van der Waals surface area contributed by atoms with Crippen LogP contribution in [-0.4, -0.2) is 33.8 Å². The van der Waals surface area contributed by atoms with Crippen LogP contribution in [0.15, 0.2) is 10.6 Å². The Morgan fingerprint density at radius 2 is 2.47 bits per heavy atom. The number of hydrogen-bond acceptors (Lipinski definition) is 5. The highest BCUT2D eigenvalue weighted by Crippen LogP contribution is 2.46. The average molecular weight is 229 g/mol. The van der Waals surface area contributed by atoms with Crippen LogP contribution < -0.4 is 11.3 Å². The Kier molecular flexibility index (Phi) is 2.68. The molecule has 7 heteroatoms. The molecule has 82 valence electrons. The van der Waals surface area contributed by atoms with Gasteiger partial charge in [0.1, 0.15) is 5.70 Å². The molecule has 0 unspecified atom stereocenters. The van der Waals surface area contributed by atoms with Gasteiger partial charge in [-0.05, 0) is 6.42 Å². The molecule has 1 saturated heterocycles. The molecule has 0 aromatic heterocycles. The molecule has 2 rings (SSSR count). The molecule has 0 radical (unpaired) electrons. The Labute approximate surface area is 90.5 Å². The number of nitrogens with zero attached hydrogens (tertiary/aromatic N) is 1. The maximum atomic E-state index is 11.2. The zero-order valence-electron chi connectivity index (χ0n) is 7.90. The van der Waals surface area contributed by atoms with Crippen LogP contribution in [0.3, 0.4) is 0 Å². The van der Waals surface area contributed by atoms with Crippen LogP contribution in [0.25, 0.3) is 0 Å². The molecule has 2 aliphatic rings. The fourth-order valence-electron chi connectivity index (χ4n) is 1.69. The monoisotopic (exact) mass is 229 g/mol. The number of fused-ring (bicyclic) bond motifs is 1. The van der Waals surface area contributed by atoms with Crippen molar-refractivity contribution in [2.24, 2.45) is 5.84 Å². The predicted octanol–water partition coefficient (Wildman–Crippen LogP) is -0.559. The second-order valence-electron chi connectivity index (χ2n) is 3.32. The van der Waals surface area contributed by atoms with E-state index in [1.54, 1.807) is 0 Å². The summed E-state index contributed by atoms with van der Waals surface area (Å²) in [5.41, 5.74) is 2.61. The van der Waals surface area contributed by atoms with Crippen LogP contribution in [0, 0.1) is 0 Å². The van der Waals surface area contributed by atoms with Crippen molar-refractivity contribution in [3.8, 4) is 0 Å². The van der Waals surface area contributed by atoms with Gasteiger partial charge < -0.3 is 5.11 Å². The Morgan fingerprint density at radius 1 is 1.73 bits per heavy atom. The van der Waals surface area contributed by atoms with E-state index in [9.17, 15) is 9.59 Å². The molecule has 0 saturated carbocycles. The zero-order valence-corrected chi connectivity index (χ0v) is 8.71. The van der Waals surface area contributed by atoms with E-state index in [0.29, 0.717) is 19.4 Å². The number of carboxylic acids is 1. The first-order valence-electron chi connectivity index (χ1n) is 4.53. The van der Waals surface area contributed by atoms with E-state index >= 15 is 0 Å². The number of β-lactam (4-membered cyclic amide) rings is 1. The zero-order chi connectivity index (χ0) is 11.0. The Bertz CT molecular complexity index is 355. The van der Waals surface area contributed by atoms with Crippen molar-refractivity contribution in [1.82, 2.24) is 10.3 Å². The number of rotatable bonds is 4. The molecule has 0 aromatic rings. The number of thioether (sulfide) groups is 1. The van der Waals surface area contributed by atoms with Crippen LogP contribution in [0.5, 0.6) is 0 Å². The number of amides is 1. The van der Waals surface area contributed by atoms with Crippen LogP contribution in [0.1, 0.15) is 12.8 Å². The summed E-state index contributed by atoms with van der Waals surface area (Å²) in [6, 6.07) is 0. The quantitative estimate of drug-likeness (QED) is 0.340. The third-order valence-electron chi connectivity index (χ3n) is 2.39. The number of nitrogens with one attached hydrogen (secondary N) is 1. The number of aliphatic carboxylic acids is 1. The summed E-state index contributed by atoms with van der Waals surface area (Å²) in [5.74, 6) is 3.98. The third kappa shape index (κ3) is 1.62. The van der Waals surface area contributed by atoms with Gasteiger partial charge in [0.2, 0.25) is 5.91 Å². The summed E-state index contributed by atoms with van der Waals surface area (Å²) >= 11 is 1.45. The van der Waals surface area contributed by atoms with E-state index in [4.69, 9.17) is 10.9 Å². The lowest BCUT2D eigenvalue weighted by molar-refractivity contribution is -0.145. The van der Waals surface area contributed by atoms with E-state index in [1.165, 1.54) is 16.7 Å². The molecule has 1 amide bonds. The number of nitrogens with two attached hydrogens (primary N) is 1. The molecule has 6 nitrogen and oxygen atoms in total. The topological polar surface area (TPSA) is 95.7 Å². The Balaban J connectivity index is 2.19. The van der Waals surface area contributed by atoms with Crippen molar-refractivity contribution in [3.63, 3.8) is 0 Å². The Hall–Kier alpha value is -1.05. The molecule has 0 spiro atoms. The molecule has 0 aromatic carbocycles. The van der Waals surface area contributed by atoms with Gasteiger partial charge in [0.05, 0.1) is 11.8 Å². The summed E-state index contributed by atoms with van der Waals surface area (Å²) in [4.78, 5) is 24.3. The van der Waals surface area contributed by atoms with Crippen LogP contribution in [0.2, 0.25) is 0 Å². The first kappa shape index (κ1) is 10.5. The molecule has 2 aliphatic heterocycles. The molecule has 15 heavy (non-hydrogen) atoms. The van der Waals surface area contributed by atoms with Crippen LogP contribution in [0.4, 0.5) is 0 Å². The largest absolute Gasteiger partial charge is 0.477 e. The molecule has 0 aliphatic carbocycles. The lowest BCUT2D eigenvalue weighted by atomic mass is 10.1. The first-order chi connectivity index (χ1) is 7.15. The number of carbonyl (C=O) groups excluding carboxylic acids is 1. The van der Waals surface area contributed by atoms with Gasteiger partial charge in [-0.25, -0.2) is 4.79 Å². The van der Waals surface area contributed by atoms with Crippen molar-refractivity contribution < 1.29 is 14.7 Å². The molecule has 1 fully saturated rings. The standard InChI is InChI=1S/C8H11N3O3S/c9-10-2-1-4-7(8(13)14)11-5(12)3-6(11)15-4/h6,10H,1-3,9H2,(H,13,14)/t6-/m0/s1. The lowest BCUT2D eigenvalue weighted by Gasteiger charge is -2.33. The fraction of sp³-hybridized carbons (Fsp3) is 0.500. The van der Waals surface area contributed by atoms with Gasteiger partial charge in [0.25, 0.3) is 0 Å². The normalized spacial score (nSPS) is 24.2. The number of carbonyl (C=O) groups is 2. The van der Waals surface area contributed by atoms with E-state index in [0.717, 1.165) is 4.91 Å². The van der Waals surface area contributed by atoms with Gasteiger partial charge in [0.15, 0.2) is 0 Å². The van der Waals surface area contributed by atoms with Gasteiger partial charge in [0, 0.05) is 11.4 Å². The van der Waals surface area contributed by atoms with E-state index < -0.39 is 5.97 Å². The van der Waals surface area contributed by atoms with Gasteiger partial charge in [-0.3, -0.25) is 21.0 Å². The maximum Gasteiger partial charge on any atom is 0.353 e. The SMILES string of the molecule is NNCCC1=C(C(=O)O)N2C(=O)C[C@@H]2S1. The highest BCUT2D eigenvalue weighted by molar-refractivity contribution is 8.04. The van der Waals surface area contributed by atoms with Crippen molar-refractivity contribution in [1.29, 1.82) is 0 Å². The summed E-state index contributed by atoms with van der Waals surface area (Å²) < 4.78 is 0. The summed E-state index contributed by atoms with van der Waals surface area (Å²) in [5, 5.41) is 9.00. The van der Waals surface area contributed by atoms with E-state index in [-0.39, 0.29) is 17.0 Å². The van der Waals surface area contributed by atoms with Crippen molar-refractivity contribution >= 4 is 23.6 Å². The minimum absolute atomic E-state index is 0.00336. The summed E-state index contributed by atoms with van der Waals surface area (Å²) in [6.07, 6.45) is 0.976. The smallest absolute Gasteiger partial charge is 0.353 e. The van der Waals surface area contributed by atoms with Crippen molar-refractivity contribution in [3.05, 3.63) is 10.6 Å². The highest BCUT2D eigenvalue weighted by Gasteiger charge is 2.47. The first-order valence-corrected chi connectivity index (χ1v) is 5.41. The minimum atomic E-state index is -1.04. The van der Waals surface area contributed by atoms with Crippen molar-refractivity contribution in [2.75, 3.05) is 6.54 Å². The Morgan fingerprint density at radius 3 is 3.00 bits per heavy atom. The molecule has 0 bridgehead atoms. The predicted molar refractivity (Wildman–Crippen MR) is 54.3 cm³/mol. The van der Waals surface area contributed by atoms with Gasteiger partial charge >= 0.3 is 5.97 Å². The molecular weight excluding hydrogens is 218 g/mol. The second-order valence-corrected chi connectivity index (χ2v) is 4.59. The number of hydrogen-bond donors (Lipinski definition) is 3. The minimum Gasteiger partial charge on any atom is -0.477 e. The van der Waals surface area contributed by atoms with Crippen molar-refractivity contribution in [2.45, 2.75) is 18.2 Å². The maximum absolute atomic E-state index is 11.2. The fourth-order valence-corrected chi connectivity index (χ4v) is 3.09. The van der Waals surface area contributed by atoms with Gasteiger partial charge in [-0.15, -0.1) is 11.8 Å². The van der Waals surface area contributed by atoms with Gasteiger partial charge in [-0.1, -0.05) is 0 Å². The van der Waals surface area contributed by atoms with Crippen LogP contribution in [-0.2, 0) is 9.59 Å². The molecule has 2 heterocycles. The molecule has 4 N–H and O–H groups in total. The average Bonchev–Trinajstić information content (AvgIpc) is 2.47. The number of hydrazine groups is 1. The second kappa shape index (κ2) is 3.84. The van der Waals surface area contributed by atoms with Gasteiger partial charge in [-0.2, -0.15) is 0 Å². The summed E-state index contributed by atoms with van der Waals surface area (Å²) in [7, 11) is 0. The highest BCUT2D eigenvalue weighted by atomic mass is 32.2. The lowest BCUT2D eigenvalue weighted by Crippen LogP contribution is -2.48. The third-order valence-corrected chi connectivity index (χ3v) is 3.72. The van der Waals surface area contributed by atoms with E-state index in [1.807, 2.05) is 0 Å². The molecular formula is C8H11N3O3S. The van der Waals surface area contributed by atoms with Crippen LogP contribution >= 0.6 is 11.8 Å². The summed E-state index contributed by atoms with van der Waals surface area (Å²) in [6.45, 7) is 0.508. The molecule has 1 atom stereocenters. The van der Waals surface area contributed by atoms with E-state index in [2.05, 4.69) is 5.43 Å². The number of carboxylic acid groups (broad SMARTS) is 1.